The molecule has 132 valence electrons. The highest BCUT2D eigenvalue weighted by molar-refractivity contribution is 7.18. The van der Waals surface area contributed by atoms with Crippen molar-refractivity contribution in [2.45, 2.75) is 19.6 Å². The minimum absolute atomic E-state index is 0.0327. The van der Waals surface area contributed by atoms with Crippen LogP contribution in [0.1, 0.15) is 17.8 Å². The molecule has 0 saturated heterocycles. The molecule has 0 spiro atoms. The number of hydrogen-bond acceptors (Lipinski definition) is 5. The number of nitrogens with zero attached hydrogens (tertiary/aromatic N) is 4. The highest BCUT2D eigenvalue weighted by Gasteiger charge is 2.19. The molecule has 0 amide bonds. The quantitative estimate of drug-likeness (QED) is 0.573. The van der Waals surface area contributed by atoms with Gasteiger partial charge in [0, 0.05) is 12.3 Å². The van der Waals surface area contributed by atoms with Crippen molar-refractivity contribution in [1.82, 2.24) is 19.5 Å². The van der Waals surface area contributed by atoms with Gasteiger partial charge in [-0.25, -0.2) is 23.7 Å². The number of thiazole rings is 1. The maximum atomic E-state index is 13.0. The smallest absolute Gasteiger partial charge is 0.388 e. The van der Waals surface area contributed by atoms with Crippen LogP contribution < -0.4 is 4.74 Å². The van der Waals surface area contributed by atoms with Crippen molar-refractivity contribution >= 4 is 22.9 Å². The molecule has 0 aliphatic heterocycles. The summed E-state index contributed by atoms with van der Waals surface area (Å²) in [5, 5.41) is 0. The molecule has 25 heavy (non-hydrogen) atoms. The molecule has 0 saturated carbocycles. The second-order valence-corrected chi connectivity index (χ2v) is 6.35. The van der Waals surface area contributed by atoms with Crippen molar-refractivity contribution in [2.24, 2.45) is 0 Å². The Balaban J connectivity index is 1.94. The second-order valence-electron chi connectivity index (χ2n) is 4.74. The van der Waals surface area contributed by atoms with E-state index in [1.54, 1.807) is 6.07 Å². The van der Waals surface area contributed by atoms with Crippen LogP contribution in [-0.2, 0) is 6.54 Å². The molecule has 0 fully saturated rings. The van der Waals surface area contributed by atoms with Crippen LogP contribution in [0, 0.1) is 0 Å². The van der Waals surface area contributed by atoms with Crippen molar-refractivity contribution in [3.05, 3.63) is 46.4 Å². The van der Waals surface area contributed by atoms with Crippen molar-refractivity contribution in [3.63, 3.8) is 0 Å². The van der Waals surface area contributed by atoms with Gasteiger partial charge in [-0.1, -0.05) is 29.0 Å². The minimum Gasteiger partial charge on any atom is -0.417 e. The van der Waals surface area contributed by atoms with Crippen LogP contribution in [0.2, 0.25) is 4.47 Å². The molecule has 0 aromatic carbocycles. The Morgan fingerprint density at radius 2 is 2.00 bits per heavy atom. The van der Waals surface area contributed by atoms with Gasteiger partial charge in [-0.3, -0.25) is 0 Å². The van der Waals surface area contributed by atoms with Crippen LogP contribution in [0.5, 0.6) is 5.88 Å². The predicted molar refractivity (Wildman–Crippen MR) is 83.3 cm³/mol. The maximum absolute atomic E-state index is 13.0. The molecule has 3 aromatic rings. The third kappa shape index (κ3) is 4.26. The zero-order chi connectivity index (χ0) is 18.0. The van der Waals surface area contributed by atoms with E-state index in [0.29, 0.717) is 10.6 Å². The summed E-state index contributed by atoms with van der Waals surface area (Å²) < 4.78 is 56.5. The minimum atomic E-state index is -3.00. The molecule has 0 N–H and O–H groups in total. The van der Waals surface area contributed by atoms with Crippen LogP contribution in [0.15, 0.2) is 30.6 Å². The molecular formula is C14H9ClF4N4OS. The van der Waals surface area contributed by atoms with Crippen molar-refractivity contribution in [3.8, 4) is 16.6 Å². The summed E-state index contributed by atoms with van der Waals surface area (Å²) in [7, 11) is 0. The van der Waals surface area contributed by atoms with Crippen LogP contribution in [0.25, 0.3) is 10.7 Å². The van der Waals surface area contributed by atoms with Crippen molar-refractivity contribution in [2.75, 3.05) is 0 Å². The topological polar surface area (TPSA) is 52.8 Å². The number of hydrogen-bond donors (Lipinski definition) is 0. The summed E-state index contributed by atoms with van der Waals surface area (Å²) in [4.78, 5) is 12.2. The Morgan fingerprint density at radius 3 is 2.64 bits per heavy atom. The average molecular weight is 393 g/mol. The lowest BCUT2D eigenvalue weighted by atomic mass is 10.3. The third-order valence-electron chi connectivity index (χ3n) is 3.04. The van der Waals surface area contributed by atoms with Gasteiger partial charge in [0.25, 0.3) is 6.43 Å². The monoisotopic (exact) mass is 392 g/mol. The van der Waals surface area contributed by atoms with E-state index < -0.39 is 18.7 Å². The number of aromatic nitrogens is 4. The summed E-state index contributed by atoms with van der Waals surface area (Å²) >= 11 is 6.87. The van der Waals surface area contributed by atoms with E-state index in [4.69, 9.17) is 11.6 Å². The number of ether oxygens (including phenoxy) is 1. The Hall–Kier alpha value is -2.20. The van der Waals surface area contributed by atoms with E-state index in [-0.39, 0.29) is 22.7 Å². The van der Waals surface area contributed by atoms with E-state index in [9.17, 15) is 17.6 Å². The summed E-state index contributed by atoms with van der Waals surface area (Å²) in [6.07, 6.45) is -0.161. The first-order valence-corrected chi connectivity index (χ1v) is 7.99. The average Bonchev–Trinajstić information content (AvgIpc) is 3.13. The molecule has 0 aliphatic carbocycles. The fraction of sp³-hybridized carbons (Fsp3) is 0.214. The molecule has 0 aliphatic rings. The van der Waals surface area contributed by atoms with Crippen LogP contribution in [-0.4, -0.2) is 26.1 Å². The highest BCUT2D eigenvalue weighted by atomic mass is 35.5. The van der Waals surface area contributed by atoms with Crippen LogP contribution in [0.4, 0.5) is 17.6 Å². The lowest BCUT2D eigenvalue weighted by molar-refractivity contribution is -0.0529. The highest BCUT2D eigenvalue weighted by Crippen LogP contribution is 2.30. The van der Waals surface area contributed by atoms with Gasteiger partial charge in [0.15, 0.2) is 10.3 Å². The van der Waals surface area contributed by atoms with E-state index in [2.05, 4.69) is 19.7 Å². The van der Waals surface area contributed by atoms with Crippen LogP contribution >= 0.6 is 22.9 Å². The van der Waals surface area contributed by atoms with Gasteiger partial charge >= 0.3 is 6.61 Å². The maximum Gasteiger partial charge on any atom is 0.388 e. The number of pyridine rings is 1. The van der Waals surface area contributed by atoms with E-state index in [1.807, 2.05) is 0 Å². The SMILES string of the molecule is FC(F)Oc1cccc(Cn2cc(C(F)F)nc2-c2cnc(Cl)s2)n1. The Kier molecular flexibility index (Phi) is 5.19. The van der Waals surface area contributed by atoms with Crippen LogP contribution in [0.3, 0.4) is 0 Å². The Bertz CT molecular complexity index is 870. The van der Waals surface area contributed by atoms with Gasteiger partial charge in [-0.2, -0.15) is 8.78 Å². The van der Waals surface area contributed by atoms with Gasteiger partial charge < -0.3 is 9.30 Å². The molecule has 0 radical (unpaired) electrons. The summed E-state index contributed by atoms with van der Waals surface area (Å²) in [6.45, 7) is -2.97. The van der Waals surface area contributed by atoms with Crippen molar-refractivity contribution < 1.29 is 22.3 Å². The zero-order valence-corrected chi connectivity index (χ0v) is 13.8. The van der Waals surface area contributed by atoms with Gasteiger partial charge in [0.2, 0.25) is 5.88 Å². The normalized spacial score (nSPS) is 11.5. The largest absolute Gasteiger partial charge is 0.417 e. The summed E-state index contributed by atoms with van der Waals surface area (Å²) in [5.74, 6) is -0.0224. The molecule has 3 heterocycles. The molecule has 11 heteroatoms. The van der Waals surface area contributed by atoms with Gasteiger partial charge in [-0.05, 0) is 6.07 Å². The second kappa shape index (κ2) is 7.36. The standard InChI is InChI=1S/C14H9ClF4N4OS/c15-13-20-4-9(25-13)12-22-8(11(16)17)6-23(12)5-7-2-1-3-10(21-7)24-14(18)19/h1-4,6,11,14H,5H2. The fourth-order valence-electron chi connectivity index (χ4n) is 2.09. The first-order chi connectivity index (χ1) is 11.9. The molecule has 0 bridgehead atoms. The third-order valence-corrected chi connectivity index (χ3v) is 4.15. The number of alkyl halides is 4. The first-order valence-electron chi connectivity index (χ1n) is 6.80. The van der Waals surface area contributed by atoms with Crippen molar-refractivity contribution in [1.29, 1.82) is 0 Å². The zero-order valence-electron chi connectivity index (χ0n) is 12.2. The van der Waals surface area contributed by atoms with Gasteiger partial charge in [0.1, 0.15) is 5.69 Å². The lowest BCUT2D eigenvalue weighted by Crippen LogP contribution is -2.07. The molecule has 0 atom stereocenters. The number of halogens is 5. The van der Waals surface area contributed by atoms with E-state index >= 15 is 0 Å². The molecule has 5 nitrogen and oxygen atoms in total. The molecule has 0 unspecified atom stereocenters. The number of rotatable bonds is 6. The summed E-state index contributed by atoms with van der Waals surface area (Å²) in [5.41, 5.74) is -0.0762. The van der Waals surface area contributed by atoms with E-state index in [0.717, 1.165) is 11.3 Å². The molecule has 3 aromatic heterocycles. The molecular weight excluding hydrogens is 384 g/mol. The number of imidazole rings is 1. The molecule has 3 rings (SSSR count). The lowest BCUT2D eigenvalue weighted by Gasteiger charge is -2.08. The summed E-state index contributed by atoms with van der Waals surface area (Å²) in [6, 6.07) is 4.32. The van der Waals surface area contributed by atoms with Gasteiger partial charge in [0.05, 0.1) is 23.3 Å². The van der Waals surface area contributed by atoms with E-state index in [1.165, 1.54) is 29.1 Å². The fourth-order valence-corrected chi connectivity index (χ4v) is 3.04. The first kappa shape index (κ1) is 17.6. The Morgan fingerprint density at radius 1 is 1.20 bits per heavy atom. The van der Waals surface area contributed by atoms with Gasteiger partial charge in [-0.15, -0.1) is 0 Å². The Labute approximate surface area is 147 Å². The predicted octanol–water partition coefficient (Wildman–Crippen LogP) is 4.64.